The number of amides is 1. The Balaban J connectivity index is 0.00000261. The first-order chi connectivity index (χ1) is 12.5. The van der Waals surface area contributed by atoms with E-state index < -0.39 is 0 Å². The Hall–Kier alpha value is -1.89. The maximum atomic E-state index is 12.8. The van der Waals surface area contributed by atoms with E-state index in [2.05, 4.69) is 6.92 Å². The molecule has 0 aliphatic carbocycles. The summed E-state index contributed by atoms with van der Waals surface area (Å²) < 4.78 is 20.3. The second kappa shape index (κ2) is 8.87. The molecule has 1 saturated heterocycles. The monoisotopic (exact) mass is 395 g/mol. The molecular formula is C20H27ClFN3O2. The molecule has 2 heterocycles. The van der Waals surface area contributed by atoms with E-state index >= 15 is 0 Å². The summed E-state index contributed by atoms with van der Waals surface area (Å²) >= 11 is 0. The van der Waals surface area contributed by atoms with Crippen LogP contribution in [0.15, 0.2) is 42.4 Å². The first-order valence-corrected chi connectivity index (χ1v) is 8.91. The van der Waals surface area contributed by atoms with Gasteiger partial charge in [0.2, 0.25) is 0 Å². The fourth-order valence-electron chi connectivity index (χ4n) is 3.40. The zero-order valence-corrected chi connectivity index (χ0v) is 16.6. The first-order valence-electron chi connectivity index (χ1n) is 8.91. The van der Waals surface area contributed by atoms with Crippen molar-refractivity contribution in [2.45, 2.75) is 31.9 Å². The zero-order chi connectivity index (χ0) is 18.7. The van der Waals surface area contributed by atoms with Crippen LogP contribution in [-0.4, -0.2) is 47.7 Å². The summed E-state index contributed by atoms with van der Waals surface area (Å²) in [6.07, 6.45) is 4.13. The minimum Gasteiger partial charge on any atom is -0.378 e. The van der Waals surface area contributed by atoms with Crippen LogP contribution < -0.4 is 5.73 Å². The van der Waals surface area contributed by atoms with Crippen molar-refractivity contribution in [3.05, 3.63) is 47.9 Å². The van der Waals surface area contributed by atoms with Gasteiger partial charge in [-0.1, -0.05) is 0 Å². The molecule has 7 heteroatoms. The van der Waals surface area contributed by atoms with Crippen molar-refractivity contribution in [3.63, 3.8) is 0 Å². The fraction of sp³-hybridized carbons (Fsp3) is 0.450. The number of methoxy groups -OCH3 is 1. The maximum absolute atomic E-state index is 12.8. The molecule has 0 bridgehead atoms. The third-order valence-electron chi connectivity index (χ3n) is 5.41. The smallest absolute Gasteiger partial charge is 0.253 e. The van der Waals surface area contributed by atoms with E-state index in [0.717, 1.165) is 23.7 Å². The van der Waals surface area contributed by atoms with Crippen LogP contribution >= 0.6 is 12.4 Å². The first kappa shape index (κ1) is 21.4. The molecule has 1 fully saturated rings. The van der Waals surface area contributed by atoms with E-state index in [1.54, 1.807) is 7.11 Å². The number of nitrogens with zero attached hydrogens (tertiary/aromatic N) is 2. The third-order valence-corrected chi connectivity index (χ3v) is 5.41. The number of fused-ring (bicyclic) bond motifs is 1. The van der Waals surface area contributed by atoms with Gasteiger partial charge in [-0.25, -0.2) is 4.39 Å². The molecule has 2 aromatic rings. The molecule has 5 nitrogen and oxygen atoms in total. The number of aromatic nitrogens is 1. The Morgan fingerprint density at radius 1 is 1.33 bits per heavy atom. The van der Waals surface area contributed by atoms with Gasteiger partial charge in [-0.2, -0.15) is 0 Å². The Morgan fingerprint density at radius 2 is 2.04 bits per heavy atom. The summed E-state index contributed by atoms with van der Waals surface area (Å²) in [7, 11) is 1.73. The number of hydrogen-bond acceptors (Lipinski definition) is 3. The summed E-state index contributed by atoms with van der Waals surface area (Å²) in [5.41, 5.74) is 7.56. The van der Waals surface area contributed by atoms with Crippen molar-refractivity contribution < 1.29 is 13.9 Å². The van der Waals surface area contributed by atoms with Crippen molar-refractivity contribution in [1.29, 1.82) is 0 Å². The van der Waals surface area contributed by atoms with E-state index in [1.165, 1.54) is 0 Å². The molecule has 27 heavy (non-hydrogen) atoms. The Morgan fingerprint density at radius 3 is 2.63 bits per heavy atom. The van der Waals surface area contributed by atoms with Crippen LogP contribution in [0.1, 0.15) is 30.1 Å². The quantitative estimate of drug-likeness (QED) is 0.842. The van der Waals surface area contributed by atoms with E-state index in [9.17, 15) is 9.18 Å². The van der Waals surface area contributed by atoms with Crippen LogP contribution in [0.5, 0.6) is 0 Å². The summed E-state index contributed by atoms with van der Waals surface area (Å²) in [5.74, 6) is 0.0455. The van der Waals surface area contributed by atoms with Crippen molar-refractivity contribution in [1.82, 2.24) is 9.47 Å². The predicted molar refractivity (Wildman–Crippen MR) is 108 cm³/mol. The zero-order valence-electron chi connectivity index (χ0n) is 15.8. The number of halogens is 2. The Kier molecular flexibility index (Phi) is 7.03. The number of benzene rings is 1. The van der Waals surface area contributed by atoms with Gasteiger partial charge in [-0.05, 0) is 49.6 Å². The molecule has 0 unspecified atom stereocenters. The molecule has 0 atom stereocenters. The maximum Gasteiger partial charge on any atom is 0.253 e. The number of rotatable bonds is 5. The lowest BCUT2D eigenvalue weighted by atomic mass is 9.93. The number of carbonyl (C=O) groups is 1. The lowest BCUT2D eigenvalue weighted by Gasteiger charge is -2.38. The highest BCUT2D eigenvalue weighted by Gasteiger charge is 2.32. The highest BCUT2D eigenvalue weighted by Crippen LogP contribution is 2.26. The summed E-state index contributed by atoms with van der Waals surface area (Å²) in [4.78, 5) is 14.7. The van der Waals surface area contributed by atoms with Gasteiger partial charge in [-0.3, -0.25) is 4.79 Å². The number of likely N-dealkylation sites (tertiary alicyclic amines) is 1. The summed E-state index contributed by atoms with van der Waals surface area (Å²) in [6.45, 7) is 4.07. The van der Waals surface area contributed by atoms with Crippen molar-refractivity contribution in [3.8, 4) is 0 Å². The molecule has 1 amide bonds. The van der Waals surface area contributed by atoms with Gasteiger partial charge < -0.3 is 19.9 Å². The molecular weight excluding hydrogens is 369 g/mol. The van der Waals surface area contributed by atoms with Gasteiger partial charge in [0, 0.05) is 56.0 Å². The lowest BCUT2D eigenvalue weighted by Crippen LogP contribution is -2.46. The number of hydrogen-bond donors (Lipinski definition) is 1. The molecule has 2 N–H and O–H groups in total. The SMILES string of the molecule is COC1(C)CCN(C(=O)c2ccc3c(ccn3CC(=CF)CN)c2)CC1.Cl. The Labute approximate surface area is 165 Å². The molecule has 1 aromatic carbocycles. The average Bonchev–Trinajstić information content (AvgIpc) is 3.08. The Bertz CT molecular complexity index is 826. The molecule has 1 aromatic heterocycles. The van der Waals surface area contributed by atoms with Gasteiger partial charge >= 0.3 is 0 Å². The van der Waals surface area contributed by atoms with Crippen LogP contribution in [0.3, 0.4) is 0 Å². The minimum atomic E-state index is -0.136. The van der Waals surface area contributed by atoms with Gasteiger partial charge in [0.1, 0.15) is 0 Å². The highest BCUT2D eigenvalue weighted by atomic mass is 35.5. The average molecular weight is 396 g/mol. The minimum absolute atomic E-state index is 0. The van der Waals surface area contributed by atoms with Crippen LogP contribution in [0.2, 0.25) is 0 Å². The second-order valence-electron chi connectivity index (χ2n) is 7.13. The molecule has 0 saturated carbocycles. The van der Waals surface area contributed by atoms with Crippen LogP contribution in [0.25, 0.3) is 10.9 Å². The van der Waals surface area contributed by atoms with E-state index in [0.29, 0.717) is 37.1 Å². The van der Waals surface area contributed by atoms with Crippen LogP contribution in [-0.2, 0) is 11.3 Å². The van der Waals surface area contributed by atoms with Gasteiger partial charge in [-0.15, -0.1) is 12.4 Å². The third kappa shape index (κ3) is 4.51. The standard InChI is InChI=1S/C20H26FN3O2.ClH/c1-20(26-2)6-9-23(10-7-20)19(25)17-3-4-18-16(11-17)5-8-24(18)14-15(12-21)13-22;/h3-5,8,11-12H,6-7,9-10,13-14,22H2,1-2H3;1H. The highest BCUT2D eigenvalue weighted by molar-refractivity contribution is 5.98. The van der Waals surface area contributed by atoms with E-state index in [-0.39, 0.29) is 30.5 Å². The van der Waals surface area contributed by atoms with Gasteiger partial charge in [0.05, 0.1) is 11.9 Å². The normalized spacial score (nSPS) is 17.0. The number of ether oxygens (including phenoxy) is 1. The van der Waals surface area contributed by atoms with Crippen molar-refractivity contribution in [2.75, 3.05) is 26.7 Å². The topological polar surface area (TPSA) is 60.5 Å². The van der Waals surface area contributed by atoms with E-state index in [4.69, 9.17) is 10.5 Å². The van der Waals surface area contributed by atoms with Gasteiger partial charge in [0.25, 0.3) is 5.91 Å². The van der Waals surface area contributed by atoms with Crippen LogP contribution in [0.4, 0.5) is 4.39 Å². The van der Waals surface area contributed by atoms with Gasteiger partial charge in [0.15, 0.2) is 0 Å². The van der Waals surface area contributed by atoms with Crippen molar-refractivity contribution in [2.24, 2.45) is 5.73 Å². The van der Waals surface area contributed by atoms with Crippen LogP contribution in [0, 0.1) is 0 Å². The molecule has 148 valence electrons. The lowest BCUT2D eigenvalue weighted by molar-refractivity contribution is -0.0379. The second-order valence-corrected chi connectivity index (χ2v) is 7.13. The number of carbonyl (C=O) groups excluding carboxylic acids is 1. The molecule has 1 aliphatic rings. The number of piperidine rings is 1. The summed E-state index contributed by atoms with van der Waals surface area (Å²) in [5, 5.41) is 0.963. The van der Waals surface area contributed by atoms with E-state index in [1.807, 2.05) is 39.9 Å². The largest absolute Gasteiger partial charge is 0.378 e. The predicted octanol–water partition coefficient (Wildman–Crippen LogP) is 3.52. The van der Waals surface area contributed by atoms with Crippen molar-refractivity contribution >= 4 is 29.2 Å². The molecule has 1 aliphatic heterocycles. The molecule has 0 radical (unpaired) electrons. The number of nitrogens with two attached hydrogens (primary N) is 1. The fourth-order valence-corrected chi connectivity index (χ4v) is 3.40. The molecule has 3 rings (SSSR count). The molecule has 0 spiro atoms. The summed E-state index contributed by atoms with van der Waals surface area (Å²) in [6, 6.07) is 7.60.